The second-order valence-corrected chi connectivity index (χ2v) is 15.6. The number of ether oxygens (including phenoxy) is 3. The van der Waals surface area contributed by atoms with E-state index in [0.717, 1.165) is 96.3 Å². The van der Waals surface area contributed by atoms with Crippen molar-refractivity contribution in [2.75, 3.05) is 13.2 Å². The number of hydrogen-bond acceptors (Lipinski definition) is 6. The van der Waals surface area contributed by atoms with Crippen LogP contribution in [0.1, 0.15) is 213 Å². The fourth-order valence-electron chi connectivity index (χ4n) is 6.25. The van der Waals surface area contributed by atoms with Gasteiger partial charge in [-0.15, -0.1) is 0 Å². The van der Waals surface area contributed by atoms with E-state index in [1.165, 1.54) is 77.0 Å². The van der Waals surface area contributed by atoms with Crippen LogP contribution >= 0.6 is 0 Å². The van der Waals surface area contributed by atoms with Crippen molar-refractivity contribution in [3.05, 3.63) is 85.1 Å². The maximum atomic E-state index is 12.7. The fourth-order valence-corrected chi connectivity index (χ4v) is 6.25. The number of allylic oxidation sites excluding steroid dienone is 13. The summed E-state index contributed by atoms with van der Waals surface area (Å²) in [7, 11) is 0. The van der Waals surface area contributed by atoms with Crippen molar-refractivity contribution in [1.29, 1.82) is 0 Å². The SMILES string of the molecule is CC/C=C\C/C=C\C/C=C\C/C=C\C/C=C\CC(=O)OCC(COC(=O)CCCCCCC/C=C\CCCC)OC(=O)CCCCCCC/C=C\CCCCCCCC. The molecule has 59 heavy (non-hydrogen) atoms. The summed E-state index contributed by atoms with van der Waals surface area (Å²) in [6, 6.07) is 0. The van der Waals surface area contributed by atoms with Gasteiger partial charge in [0.15, 0.2) is 6.10 Å². The largest absolute Gasteiger partial charge is 0.462 e. The van der Waals surface area contributed by atoms with Crippen molar-refractivity contribution in [2.24, 2.45) is 0 Å². The number of carbonyl (C=O) groups excluding carboxylic acids is 3. The zero-order valence-electron chi connectivity index (χ0n) is 38.2. The average molecular weight is 821 g/mol. The third-order valence-corrected chi connectivity index (χ3v) is 9.89. The lowest BCUT2D eigenvalue weighted by atomic mass is 10.1. The van der Waals surface area contributed by atoms with Crippen molar-refractivity contribution in [3.63, 3.8) is 0 Å². The second kappa shape index (κ2) is 47.3. The molecular formula is C53H88O6. The Bertz CT molecular complexity index is 1170. The zero-order chi connectivity index (χ0) is 43.0. The molecule has 0 heterocycles. The zero-order valence-corrected chi connectivity index (χ0v) is 38.2. The Morgan fingerprint density at radius 2 is 0.746 bits per heavy atom. The quantitative estimate of drug-likeness (QED) is 0.0264. The first kappa shape index (κ1) is 55.6. The van der Waals surface area contributed by atoms with Crippen LogP contribution in [0.15, 0.2) is 85.1 Å². The van der Waals surface area contributed by atoms with Crippen LogP contribution in [0.25, 0.3) is 0 Å². The van der Waals surface area contributed by atoms with Crippen LogP contribution in [-0.4, -0.2) is 37.2 Å². The van der Waals surface area contributed by atoms with Gasteiger partial charge in [0.2, 0.25) is 0 Å². The summed E-state index contributed by atoms with van der Waals surface area (Å²) in [6.07, 6.45) is 60.2. The molecule has 0 aromatic heterocycles. The van der Waals surface area contributed by atoms with E-state index in [9.17, 15) is 14.4 Å². The van der Waals surface area contributed by atoms with E-state index >= 15 is 0 Å². The highest BCUT2D eigenvalue weighted by molar-refractivity contribution is 5.72. The van der Waals surface area contributed by atoms with E-state index in [-0.39, 0.29) is 31.6 Å². The molecule has 0 fully saturated rings. The highest BCUT2D eigenvalue weighted by Gasteiger charge is 2.19. The Morgan fingerprint density at radius 1 is 0.373 bits per heavy atom. The van der Waals surface area contributed by atoms with Crippen LogP contribution in [0, 0.1) is 0 Å². The number of hydrogen-bond donors (Lipinski definition) is 0. The molecular weight excluding hydrogens is 733 g/mol. The van der Waals surface area contributed by atoms with Gasteiger partial charge in [0.1, 0.15) is 13.2 Å². The maximum Gasteiger partial charge on any atom is 0.309 e. The van der Waals surface area contributed by atoms with Gasteiger partial charge in [-0.1, -0.05) is 189 Å². The van der Waals surface area contributed by atoms with Crippen molar-refractivity contribution in [2.45, 2.75) is 219 Å². The van der Waals surface area contributed by atoms with E-state index in [1.807, 2.05) is 6.08 Å². The molecule has 1 unspecified atom stereocenters. The first-order chi connectivity index (χ1) is 29.0. The van der Waals surface area contributed by atoms with Gasteiger partial charge in [-0.3, -0.25) is 14.4 Å². The molecule has 6 nitrogen and oxygen atoms in total. The van der Waals surface area contributed by atoms with E-state index in [0.29, 0.717) is 12.8 Å². The number of carbonyl (C=O) groups is 3. The molecule has 0 saturated heterocycles. The van der Waals surface area contributed by atoms with Crippen LogP contribution in [0.5, 0.6) is 0 Å². The van der Waals surface area contributed by atoms with Gasteiger partial charge < -0.3 is 14.2 Å². The topological polar surface area (TPSA) is 78.9 Å². The molecule has 0 spiro atoms. The molecule has 0 radical (unpaired) electrons. The molecule has 0 aromatic carbocycles. The summed E-state index contributed by atoms with van der Waals surface area (Å²) < 4.78 is 16.6. The Balaban J connectivity index is 4.53. The summed E-state index contributed by atoms with van der Waals surface area (Å²) in [4.78, 5) is 37.8. The summed E-state index contributed by atoms with van der Waals surface area (Å²) >= 11 is 0. The smallest absolute Gasteiger partial charge is 0.309 e. The summed E-state index contributed by atoms with van der Waals surface area (Å²) in [5.74, 6) is -1.07. The normalized spacial score (nSPS) is 12.8. The van der Waals surface area contributed by atoms with Crippen molar-refractivity contribution >= 4 is 17.9 Å². The maximum absolute atomic E-state index is 12.7. The van der Waals surface area contributed by atoms with Crippen LogP contribution in [0.4, 0.5) is 0 Å². The molecule has 0 N–H and O–H groups in total. The molecule has 0 aromatic rings. The van der Waals surface area contributed by atoms with Crippen LogP contribution in [0.2, 0.25) is 0 Å². The van der Waals surface area contributed by atoms with Gasteiger partial charge in [0, 0.05) is 12.8 Å². The van der Waals surface area contributed by atoms with Gasteiger partial charge in [-0.25, -0.2) is 0 Å². The van der Waals surface area contributed by atoms with Gasteiger partial charge in [0.05, 0.1) is 6.42 Å². The minimum atomic E-state index is -0.822. The van der Waals surface area contributed by atoms with Crippen molar-refractivity contribution in [1.82, 2.24) is 0 Å². The Morgan fingerprint density at radius 3 is 1.22 bits per heavy atom. The monoisotopic (exact) mass is 821 g/mol. The molecule has 6 heteroatoms. The van der Waals surface area contributed by atoms with Crippen molar-refractivity contribution in [3.8, 4) is 0 Å². The Labute approximate surface area is 363 Å². The molecule has 0 aliphatic heterocycles. The van der Waals surface area contributed by atoms with E-state index < -0.39 is 12.1 Å². The summed E-state index contributed by atoms with van der Waals surface area (Å²) in [6.45, 7) is 6.36. The standard InChI is InChI=1S/C53H88O6/c1-4-7-10-13-16-19-22-24-26-28-31-34-37-40-43-46-52(55)58-49-50(48-57-51(54)45-42-39-36-33-30-21-18-15-12-9-6-3)59-53(56)47-44-41-38-35-32-29-27-25-23-20-17-14-11-8-5-2/h7,10,15-16,18-19,24-27,31,34,40,43,50H,4-6,8-9,11-14,17,20-23,28-30,32-33,35-39,41-42,44-49H2,1-3H3/b10-7-,18-15-,19-16-,26-24-,27-25-,34-31-,43-40-. The molecule has 336 valence electrons. The Hall–Kier alpha value is -3.41. The van der Waals surface area contributed by atoms with Gasteiger partial charge in [0.25, 0.3) is 0 Å². The number of rotatable bonds is 42. The number of esters is 3. The Kier molecular flexibility index (Phi) is 44.5. The first-order valence-corrected chi connectivity index (χ1v) is 24.1. The second-order valence-electron chi connectivity index (χ2n) is 15.6. The fraction of sp³-hybridized carbons (Fsp3) is 0.679. The number of unbranched alkanes of at least 4 members (excludes halogenated alkanes) is 18. The van der Waals surface area contributed by atoms with Crippen LogP contribution in [0.3, 0.4) is 0 Å². The van der Waals surface area contributed by atoms with Crippen LogP contribution < -0.4 is 0 Å². The highest BCUT2D eigenvalue weighted by atomic mass is 16.6. The predicted octanol–water partition coefficient (Wildman–Crippen LogP) is 15.6. The molecule has 1 atom stereocenters. The molecule has 0 aliphatic carbocycles. The van der Waals surface area contributed by atoms with Gasteiger partial charge >= 0.3 is 17.9 Å². The predicted molar refractivity (Wildman–Crippen MR) is 251 cm³/mol. The van der Waals surface area contributed by atoms with Gasteiger partial charge in [-0.2, -0.15) is 0 Å². The minimum absolute atomic E-state index is 0.115. The van der Waals surface area contributed by atoms with E-state index in [4.69, 9.17) is 14.2 Å². The summed E-state index contributed by atoms with van der Waals surface area (Å²) in [5, 5.41) is 0. The van der Waals surface area contributed by atoms with Crippen molar-refractivity contribution < 1.29 is 28.6 Å². The highest BCUT2D eigenvalue weighted by Crippen LogP contribution is 2.13. The average Bonchev–Trinajstić information content (AvgIpc) is 3.23. The molecule has 0 amide bonds. The minimum Gasteiger partial charge on any atom is -0.462 e. The lowest BCUT2D eigenvalue weighted by Gasteiger charge is -2.18. The summed E-state index contributed by atoms with van der Waals surface area (Å²) in [5.41, 5.74) is 0. The first-order valence-electron chi connectivity index (χ1n) is 24.1. The van der Waals surface area contributed by atoms with Gasteiger partial charge in [-0.05, 0) is 89.9 Å². The molecule has 0 aliphatic rings. The molecule has 0 rings (SSSR count). The third-order valence-electron chi connectivity index (χ3n) is 9.89. The van der Waals surface area contributed by atoms with Crippen LogP contribution in [-0.2, 0) is 28.6 Å². The lowest BCUT2D eigenvalue weighted by molar-refractivity contribution is -0.166. The molecule has 0 saturated carbocycles. The third kappa shape index (κ3) is 45.5. The molecule has 0 bridgehead atoms. The van der Waals surface area contributed by atoms with E-state index in [1.54, 1.807) is 6.08 Å². The van der Waals surface area contributed by atoms with E-state index in [2.05, 4.69) is 93.7 Å². The lowest BCUT2D eigenvalue weighted by Crippen LogP contribution is -2.30.